The van der Waals surface area contributed by atoms with Crippen molar-refractivity contribution in [1.29, 1.82) is 0 Å². The molecule has 30 heavy (non-hydrogen) atoms. The first-order valence-electron chi connectivity index (χ1n) is 10.4. The maximum atomic E-state index is 13.6. The Bertz CT molecular complexity index is 892. The molecule has 1 unspecified atom stereocenters. The standard InChI is InChI=1S/C23H26N4O3/c1-17-10-8-9-15-26(17)16-20(28)25-27-21(29)23(24-22(27)30,18-11-4-2-5-12-18)19-13-6-3-7-14-19/h2-7,11-14,17H,8-10,15-16H2,1H3,(H,24,30)(H,25,28)/p+1/t17-/m1/s1. The molecule has 2 aromatic rings. The predicted octanol–water partition coefficient (Wildman–Crippen LogP) is 0.971. The fraction of sp³-hybridized carbons (Fsp3) is 0.348. The van der Waals surface area contributed by atoms with Crippen LogP contribution in [-0.2, 0) is 15.1 Å². The van der Waals surface area contributed by atoms with Gasteiger partial charge in [-0.15, -0.1) is 0 Å². The highest BCUT2D eigenvalue weighted by atomic mass is 16.2. The quantitative estimate of drug-likeness (QED) is 0.646. The van der Waals surface area contributed by atoms with Gasteiger partial charge in [0.25, 0.3) is 11.8 Å². The lowest BCUT2D eigenvalue weighted by atomic mass is 9.83. The minimum atomic E-state index is -1.38. The van der Waals surface area contributed by atoms with E-state index in [-0.39, 0.29) is 12.5 Å². The van der Waals surface area contributed by atoms with E-state index in [0.717, 1.165) is 24.4 Å². The molecule has 0 aromatic heterocycles. The second-order valence-corrected chi connectivity index (χ2v) is 8.07. The molecule has 0 spiro atoms. The zero-order chi connectivity index (χ0) is 21.1. The first kappa shape index (κ1) is 20.1. The summed E-state index contributed by atoms with van der Waals surface area (Å²) in [4.78, 5) is 40.2. The van der Waals surface area contributed by atoms with E-state index >= 15 is 0 Å². The summed E-state index contributed by atoms with van der Waals surface area (Å²) in [6.07, 6.45) is 3.34. The fourth-order valence-corrected chi connectivity index (χ4v) is 4.45. The zero-order valence-corrected chi connectivity index (χ0v) is 17.1. The van der Waals surface area contributed by atoms with Gasteiger partial charge in [-0.2, -0.15) is 5.01 Å². The van der Waals surface area contributed by atoms with Gasteiger partial charge in [0.15, 0.2) is 12.1 Å². The van der Waals surface area contributed by atoms with E-state index in [1.54, 1.807) is 24.3 Å². The van der Waals surface area contributed by atoms with Crippen LogP contribution in [0, 0.1) is 0 Å². The third-order valence-corrected chi connectivity index (χ3v) is 6.14. The number of nitrogens with zero attached hydrogens (tertiary/aromatic N) is 1. The van der Waals surface area contributed by atoms with Gasteiger partial charge in [-0.05, 0) is 37.3 Å². The largest absolute Gasteiger partial charge is 0.344 e. The number of hydrazine groups is 1. The smallest absolute Gasteiger partial charge is 0.325 e. The van der Waals surface area contributed by atoms with E-state index in [1.807, 2.05) is 36.4 Å². The Morgan fingerprint density at radius 1 is 1.07 bits per heavy atom. The highest BCUT2D eigenvalue weighted by molar-refractivity contribution is 6.10. The minimum Gasteiger partial charge on any atom is -0.325 e. The number of nitrogens with one attached hydrogen (secondary N) is 3. The normalized spacial score (nSPS) is 23.2. The molecular formula is C23H27N4O3+. The molecule has 0 saturated carbocycles. The van der Waals surface area contributed by atoms with Gasteiger partial charge in [0.1, 0.15) is 0 Å². The molecule has 156 valence electrons. The maximum Gasteiger partial charge on any atom is 0.344 e. The summed E-state index contributed by atoms with van der Waals surface area (Å²) in [5.74, 6) is -0.848. The SMILES string of the molecule is C[C@@H]1CCCC[NH+]1CC(=O)NN1C(=O)NC(c2ccccc2)(c2ccccc2)C1=O. The van der Waals surface area contributed by atoms with Crippen LogP contribution in [-0.4, -0.2) is 42.0 Å². The van der Waals surface area contributed by atoms with Crippen molar-refractivity contribution in [2.75, 3.05) is 13.1 Å². The van der Waals surface area contributed by atoms with Gasteiger partial charge in [0.05, 0.1) is 12.6 Å². The summed E-state index contributed by atoms with van der Waals surface area (Å²) in [7, 11) is 0. The Kier molecular flexibility index (Phi) is 5.55. The lowest BCUT2D eigenvalue weighted by Gasteiger charge is -2.30. The number of benzene rings is 2. The van der Waals surface area contributed by atoms with Crippen molar-refractivity contribution in [3.63, 3.8) is 0 Å². The van der Waals surface area contributed by atoms with E-state index in [9.17, 15) is 14.4 Å². The van der Waals surface area contributed by atoms with Gasteiger partial charge in [0, 0.05) is 0 Å². The van der Waals surface area contributed by atoms with Crippen LogP contribution in [0.2, 0.25) is 0 Å². The van der Waals surface area contributed by atoms with Crippen molar-refractivity contribution in [1.82, 2.24) is 15.8 Å². The molecule has 2 heterocycles. The maximum absolute atomic E-state index is 13.6. The number of carbonyl (C=O) groups is 3. The van der Waals surface area contributed by atoms with Gasteiger partial charge >= 0.3 is 6.03 Å². The van der Waals surface area contributed by atoms with Crippen LogP contribution in [0.15, 0.2) is 60.7 Å². The molecule has 0 bridgehead atoms. The van der Waals surface area contributed by atoms with E-state index in [1.165, 1.54) is 11.3 Å². The van der Waals surface area contributed by atoms with E-state index in [4.69, 9.17) is 0 Å². The first-order valence-corrected chi connectivity index (χ1v) is 10.4. The number of amides is 4. The molecule has 4 rings (SSSR count). The summed E-state index contributed by atoms with van der Waals surface area (Å²) in [6, 6.07) is 17.9. The Morgan fingerprint density at radius 2 is 1.67 bits per heavy atom. The second-order valence-electron chi connectivity index (χ2n) is 8.07. The van der Waals surface area contributed by atoms with Gasteiger partial charge < -0.3 is 10.2 Å². The monoisotopic (exact) mass is 407 g/mol. The number of quaternary nitrogens is 1. The fourth-order valence-electron chi connectivity index (χ4n) is 4.45. The zero-order valence-electron chi connectivity index (χ0n) is 17.1. The molecule has 2 aliphatic heterocycles. The van der Waals surface area contributed by atoms with Crippen molar-refractivity contribution in [2.24, 2.45) is 0 Å². The Morgan fingerprint density at radius 3 is 2.23 bits per heavy atom. The van der Waals surface area contributed by atoms with Gasteiger partial charge in [0.2, 0.25) is 0 Å². The van der Waals surface area contributed by atoms with Crippen molar-refractivity contribution in [3.8, 4) is 0 Å². The van der Waals surface area contributed by atoms with Crippen LogP contribution in [0.25, 0.3) is 0 Å². The predicted molar refractivity (Wildman–Crippen MR) is 111 cm³/mol. The number of urea groups is 1. The van der Waals surface area contributed by atoms with Crippen LogP contribution in [0.5, 0.6) is 0 Å². The van der Waals surface area contributed by atoms with Gasteiger partial charge in [-0.25, -0.2) is 4.79 Å². The molecule has 2 saturated heterocycles. The summed E-state index contributed by atoms with van der Waals surface area (Å²) >= 11 is 0. The van der Waals surface area contributed by atoms with Crippen molar-refractivity contribution in [2.45, 2.75) is 37.8 Å². The molecule has 7 heteroatoms. The van der Waals surface area contributed by atoms with E-state index < -0.39 is 17.5 Å². The van der Waals surface area contributed by atoms with Crippen LogP contribution in [0.1, 0.15) is 37.3 Å². The number of carbonyl (C=O) groups excluding carboxylic acids is 3. The Labute approximate surface area is 176 Å². The Balaban J connectivity index is 1.60. The molecule has 3 N–H and O–H groups in total. The number of likely N-dealkylation sites (tertiary alicyclic amines) is 1. The van der Waals surface area contributed by atoms with Gasteiger partial charge in [-0.1, -0.05) is 60.7 Å². The lowest BCUT2D eigenvalue weighted by Crippen LogP contribution is -3.17. The summed E-state index contributed by atoms with van der Waals surface area (Å²) in [5.41, 5.74) is 2.46. The minimum absolute atomic E-state index is 0.238. The summed E-state index contributed by atoms with van der Waals surface area (Å²) < 4.78 is 0. The van der Waals surface area contributed by atoms with Crippen LogP contribution < -0.4 is 15.6 Å². The van der Waals surface area contributed by atoms with Crippen molar-refractivity contribution < 1.29 is 19.3 Å². The highest BCUT2D eigenvalue weighted by Crippen LogP contribution is 2.35. The molecule has 2 fully saturated rings. The van der Waals surface area contributed by atoms with E-state index in [2.05, 4.69) is 17.7 Å². The highest BCUT2D eigenvalue weighted by Gasteiger charge is 2.54. The van der Waals surface area contributed by atoms with Crippen LogP contribution >= 0.6 is 0 Å². The summed E-state index contributed by atoms with van der Waals surface area (Å²) in [5, 5.41) is 3.66. The molecule has 0 aliphatic carbocycles. The third kappa shape index (κ3) is 3.57. The number of piperidine rings is 1. The van der Waals surface area contributed by atoms with Crippen molar-refractivity contribution >= 4 is 17.8 Å². The Hall–Kier alpha value is -3.19. The van der Waals surface area contributed by atoms with Gasteiger partial charge in [-0.3, -0.25) is 15.0 Å². The topological polar surface area (TPSA) is 82.9 Å². The third-order valence-electron chi connectivity index (χ3n) is 6.14. The number of hydrogen-bond acceptors (Lipinski definition) is 3. The molecule has 2 aromatic carbocycles. The number of rotatable bonds is 5. The number of hydrogen-bond donors (Lipinski definition) is 3. The van der Waals surface area contributed by atoms with Crippen molar-refractivity contribution in [3.05, 3.63) is 71.8 Å². The average molecular weight is 407 g/mol. The first-order chi connectivity index (χ1) is 14.5. The summed E-state index contributed by atoms with van der Waals surface area (Å²) in [6.45, 7) is 3.29. The van der Waals surface area contributed by atoms with Crippen LogP contribution in [0.4, 0.5) is 4.79 Å². The molecular weight excluding hydrogens is 380 g/mol. The second kappa shape index (κ2) is 8.28. The molecule has 0 radical (unpaired) electrons. The molecule has 4 amide bonds. The molecule has 7 nitrogen and oxygen atoms in total. The average Bonchev–Trinajstić information content (AvgIpc) is 3.02. The molecule has 2 atom stereocenters. The number of imide groups is 1. The lowest BCUT2D eigenvalue weighted by molar-refractivity contribution is -0.921. The molecule has 2 aliphatic rings. The van der Waals surface area contributed by atoms with Crippen LogP contribution in [0.3, 0.4) is 0 Å². The van der Waals surface area contributed by atoms with E-state index in [0.29, 0.717) is 17.2 Å².